The molecule has 0 radical (unpaired) electrons. The van der Waals surface area contributed by atoms with Crippen LogP contribution in [0.15, 0.2) is 30.6 Å². The lowest BCUT2D eigenvalue weighted by atomic mass is 10.2. The molecule has 15 heavy (non-hydrogen) atoms. The van der Waals surface area contributed by atoms with Crippen molar-refractivity contribution in [2.45, 2.75) is 19.4 Å². The van der Waals surface area contributed by atoms with Crippen LogP contribution in [0.3, 0.4) is 0 Å². The molecule has 1 unspecified atom stereocenters. The monoisotopic (exact) mass is 203 g/mol. The summed E-state index contributed by atoms with van der Waals surface area (Å²) >= 11 is 0. The van der Waals surface area contributed by atoms with E-state index in [9.17, 15) is 0 Å². The smallest absolute Gasteiger partial charge is 0.0960 e. The molecule has 0 bridgehead atoms. The Balaban J connectivity index is 2.27. The largest absolute Gasteiger partial charge is 0.328 e. The summed E-state index contributed by atoms with van der Waals surface area (Å²) in [6, 6.07) is 8.75. The Bertz CT molecular complexity index is 433. The average Bonchev–Trinajstić information content (AvgIpc) is 2.69. The van der Waals surface area contributed by atoms with E-state index in [1.807, 2.05) is 19.4 Å². The Labute approximate surface area is 90.1 Å². The third kappa shape index (κ3) is 2.02. The van der Waals surface area contributed by atoms with E-state index >= 15 is 0 Å². The first-order valence-electron chi connectivity index (χ1n) is 5.39. The van der Waals surface area contributed by atoms with Crippen molar-refractivity contribution in [3.63, 3.8) is 0 Å². The zero-order valence-corrected chi connectivity index (χ0v) is 9.27. The van der Waals surface area contributed by atoms with Crippen molar-refractivity contribution < 1.29 is 0 Å². The highest BCUT2D eigenvalue weighted by Crippen LogP contribution is 2.18. The molecule has 1 aromatic heterocycles. The maximum atomic E-state index is 4.39. The molecule has 0 aliphatic rings. The van der Waals surface area contributed by atoms with Crippen LogP contribution in [0, 0.1) is 0 Å². The molecule has 1 heterocycles. The van der Waals surface area contributed by atoms with Gasteiger partial charge in [-0.2, -0.15) is 0 Å². The number of imidazole rings is 1. The van der Waals surface area contributed by atoms with Crippen LogP contribution in [0.4, 0.5) is 0 Å². The number of nitrogens with one attached hydrogen (secondary N) is 1. The van der Waals surface area contributed by atoms with Gasteiger partial charge >= 0.3 is 0 Å². The van der Waals surface area contributed by atoms with Crippen molar-refractivity contribution in [3.8, 4) is 0 Å². The lowest BCUT2D eigenvalue weighted by molar-refractivity contribution is 0.506. The third-order valence-electron chi connectivity index (χ3n) is 2.77. The van der Waals surface area contributed by atoms with Gasteiger partial charge in [0.2, 0.25) is 0 Å². The van der Waals surface area contributed by atoms with E-state index in [4.69, 9.17) is 0 Å². The van der Waals surface area contributed by atoms with Crippen LogP contribution < -0.4 is 5.32 Å². The van der Waals surface area contributed by atoms with Crippen molar-refractivity contribution in [2.75, 3.05) is 13.6 Å². The normalized spacial score (nSPS) is 13.2. The van der Waals surface area contributed by atoms with Gasteiger partial charge in [-0.3, -0.25) is 0 Å². The molecule has 3 nitrogen and oxygen atoms in total. The van der Waals surface area contributed by atoms with Crippen molar-refractivity contribution >= 4 is 11.0 Å². The van der Waals surface area contributed by atoms with E-state index in [0.29, 0.717) is 6.04 Å². The van der Waals surface area contributed by atoms with Crippen molar-refractivity contribution in [1.29, 1.82) is 0 Å². The summed E-state index contributed by atoms with van der Waals surface area (Å²) in [7, 11) is 1.98. The Kier molecular flexibility index (Phi) is 3.02. The number of aromatic nitrogens is 2. The lowest BCUT2D eigenvalue weighted by Gasteiger charge is -2.13. The summed E-state index contributed by atoms with van der Waals surface area (Å²) in [4.78, 5) is 4.39. The summed E-state index contributed by atoms with van der Waals surface area (Å²) in [6.45, 7) is 3.26. The summed E-state index contributed by atoms with van der Waals surface area (Å²) < 4.78 is 2.24. The minimum Gasteiger partial charge on any atom is -0.328 e. The van der Waals surface area contributed by atoms with Gasteiger partial charge in [0.05, 0.1) is 17.4 Å². The Morgan fingerprint density at radius 2 is 2.20 bits per heavy atom. The maximum Gasteiger partial charge on any atom is 0.0960 e. The molecule has 2 rings (SSSR count). The summed E-state index contributed by atoms with van der Waals surface area (Å²) in [6.07, 6.45) is 3.06. The molecule has 1 aromatic carbocycles. The van der Waals surface area contributed by atoms with Gasteiger partial charge < -0.3 is 9.88 Å². The number of hydrogen-bond acceptors (Lipinski definition) is 2. The molecule has 1 N–H and O–H groups in total. The van der Waals surface area contributed by atoms with Crippen molar-refractivity contribution in [1.82, 2.24) is 14.9 Å². The van der Waals surface area contributed by atoms with Gasteiger partial charge in [0.15, 0.2) is 0 Å². The fourth-order valence-corrected chi connectivity index (χ4v) is 1.82. The van der Waals surface area contributed by atoms with E-state index in [0.717, 1.165) is 18.5 Å². The second kappa shape index (κ2) is 4.45. The zero-order chi connectivity index (χ0) is 10.7. The molecule has 2 aromatic rings. The molecule has 0 aliphatic carbocycles. The Morgan fingerprint density at radius 1 is 1.40 bits per heavy atom. The standard InChI is InChI=1S/C12H17N3/c1-10(7-8-13-2)15-9-14-11-5-3-4-6-12(11)15/h3-6,9-10,13H,7-8H2,1-2H3. The van der Waals surface area contributed by atoms with Gasteiger partial charge in [-0.15, -0.1) is 0 Å². The minimum atomic E-state index is 0.491. The number of para-hydroxylation sites is 2. The molecule has 3 heteroatoms. The molecule has 0 saturated heterocycles. The highest BCUT2D eigenvalue weighted by molar-refractivity contribution is 5.75. The van der Waals surface area contributed by atoms with Crippen LogP contribution in [0.1, 0.15) is 19.4 Å². The fourth-order valence-electron chi connectivity index (χ4n) is 1.82. The molecule has 1 atom stereocenters. The van der Waals surface area contributed by atoms with Gasteiger partial charge in [0, 0.05) is 6.04 Å². The van der Waals surface area contributed by atoms with Crippen LogP contribution in [0.25, 0.3) is 11.0 Å². The predicted octanol–water partition coefficient (Wildman–Crippen LogP) is 2.21. The van der Waals surface area contributed by atoms with Crippen LogP contribution in [-0.4, -0.2) is 23.1 Å². The van der Waals surface area contributed by atoms with Gasteiger partial charge in [0.25, 0.3) is 0 Å². The van der Waals surface area contributed by atoms with Crippen LogP contribution >= 0.6 is 0 Å². The minimum absolute atomic E-state index is 0.491. The second-order valence-corrected chi connectivity index (χ2v) is 3.88. The molecular formula is C12H17N3. The van der Waals surface area contributed by atoms with Crippen molar-refractivity contribution in [2.24, 2.45) is 0 Å². The molecule has 0 fully saturated rings. The quantitative estimate of drug-likeness (QED) is 0.825. The molecule has 80 valence electrons. The number of hydrogen-bond donors (Lipinski definition) is 1. The number of nitrogens with zero attached hydrogens (tertiary/aromatic N) is 2. The second-order valence-electron chi connectivity index (χ2n) is 3.88. The topological polar surface area (TPSA) is 29.9 Å². The van der Waals surface area contributed by atoms with E-state index in [-0.39, 0.29) is 0 Å². The number of fused-ring (bicyclic) bond motifs is 1. The third-order valence-corrected chi connectivity index (χ3v) is 2.77. The average molecular weight is 203 g/mol. The van der Waals surface area contributed by atoms with Crippen LogP contribution in [0.2, 0.25) is 0 Å². The molecule has 0 spiro atoms. The van der Waals surface area contributed by atoms with E-state index < -0.39 is 0 Å². The van der Waals surface area contributed by atoms with Gasteiger partial charge in [-0.1, -0.05) is 12.1 Å². The molecule has 0 saturated carbocycles. The summed E-state index contributed by atoms with van der Waals surface area (Å²) in [5, 5.41) is 3.17. The number of rotatable bonds is 4. The van der Waals surface area contributed by atoms with Crippen LogP contribution in [-0.2, 0) is 0 Å². The lowest BCUT2D eigenvalue weighted by Crippen LogP contribution is -2.13. The van der Waals surface area contributed by atoms with E-state index in [1.165, 1.54) is 5.52 Å². The zero-order valence-electron chi connectivity index (χ0n) is 9.27. The fraction of sp³-hybridized carbons (Fsp3) is 0.417. The van der Waals surface area contributed by atoms with Gasteiger partial charge in [-0.25, -0.2) is 4.98 Å². The summed E-state index contributed by atoms with van der Waals surface area (Å²) in [5.74, 6) is 0. The highest BCUT2D eigenvalue weighted by atomic mass is 15.1. The van der Waals surface area contributed by atoms with E-state index in [2.05, 4.69) is 40.0 Å². The molecule has 0 aliphatic heterocycles. The highest BCUT2D eigenvalue weighted by Gasteiger charge is 2.07. The molecular weight excluding hydrogens is 186 g/mol. The first-order chi connectivity index (χ1) is 7.33. The summed E-state index contributed by atoms with van der Waals surface area (Å²) in [5.41, 5.74) is 2.30. The molecule has 0 amide bonds. The van der Waals surface area contributed by atoms with Crippen molar-refractivity contribution in [3.05, 3.63) is 30.6 Å². The maximum absolute atomic E-state index is 4.39. The van der Waals surface area contributed by atoms with Gasteiger partial charge in [-0.05, 0) is 39.1 Å². The van der Waals surface area contributed by atoms with Gasteiger partial charge in [0.1, 0.15) is 0 Å². The first-order valence-corrected chi connectivity index (χ1v) is 5.39. The number of benzene rings is 1. The van der Waals surface area contributed by atoms with Crippen LogP contribution in [0.5, 0.6) is 0 Å². The van der Waals surface area contributed by atoms with E-state index in [1.54, 1.807) is 0 Å². The Morgan fingerprint density at radius 3 is 3.00 bits per heavy atom. The SMILES string of the molecule is CNCCC(C)n1cnc2ccccc21. The predicted molar refractivity (Wildman–Crippen MR) is 63.0 cm³/mol. The first kappa shape index (κ1) is 10.2. The Hall–Kier alpha value is -1.35.